The van der Waals surface area contributed by atoms with Crippen molar-refractivity contribution in [3.63, 3.8) is 0 Å². The van der Waals surface area contributed by atoms with Gasteiger partial charge in [0.1, 0.15) is 59.0 Å². The van der Waals surface area contributed by atoms with Gasteiger partial charge in [0.25, 0.3) is 17.7 Å². The number of hydrogen-bond donors (Lipinski definition) is 9. The van der Waals surface area contributed by atoms with E-state index in [1.807, 2.05) is 43.6 Å². The van der Waals surface area contributed by atoms with E-state index in [0.717, 1.165) is 22.7 Å². The summed E-state index contributed by atoms with van der Waals surface area (Å²) in [7, 11) is 2.90. The number of carboxylic acids is 1. The summed E-state index contributed by atoms with van der Waals surface area (Å²) in [5, 5.41) is 54.7. The molecule has 0 radical (unpaired) electrons. The monoisotopic (exact) mass is 1370 g/mol. The number of aliphatic carboxylic acids is 1. The molecule has 10 rings (SSSR count). The average Bonchev–Trinajstić information content (AvgIpc) is 1.59. The number of aliphatic hydroxyl groups is 3. The summed E-state index contributed by atoms with van der Waals surface area (Å²) < 4.78 is 40.0. The van der Waals surface area contributed by atoms with Crippen molar-refractivity contribution in [2.75, 3.05) is 51.0 Å². The van der Waals surface area contributed by atoms with Crippen LogP contribution in [0.25, 0.3) is 44.5 Å². The Labute approximate surface area is 562 Å². The standard InChI is InChI=1S/C65H71N15O19/c1-7-39-55(97-33(4)70-39)61(90)74-64-72-41-27-36(58(67)89)28-44(94-6)51(41)79(64)21-10-9-20-78-50-37(38-30-69-59(73-60(38)78)42-24-32(3)75-80(42)8-2)26-35(57(66)88)29-45(50)95-23-11-19-76(5)65(93)96-31-34-12-13-43(98-63-54(87)52(85)53(86)56(99-63)62(91)92)40(25-34)71-47(82)16-18-68-46(81)17-22-77-48(83)14-15-49(77)84/h9-10,12-15,24-30,52-54,56,63,85-87H,7-8,11,16-23,31H2,1-6H3,(H2,66,88)(H2,67,89)(H,68,81)(H,71,82)(H,91,92)(H,72,74,90)/b10-9+/t52-,53-,54+,56-,63+/m0/s1. The van der Waals surface area contributed by atoms with E-state index in [0.29, 0.717) is 69.0 Å². The number of ether oxygens (including phenoxy) is 5. The van der Waals surface area contributed by atoms with Crippen LogP contribution in [0.1, 0.15) is 87.2 Å². The second-order valence-corrected chi connectivity index (χ2v) is 22.9. The van der Waals surface area contributed by atoms with E-state index in [1.54, 1.807) is 28.4 Å². The summed E-state index contributed by atoms with van der Waals surface area (Å²) in [5.41, 5.74) is 15.5. The third-order valence-corrected chi connectivity index (χ3v) is 16.1. The van der Waals surface area contributed by atoms with Crippen LogP contribution in [0.3, 0.4) is 0 Å². The fraction of sp³-hybridized carbons (Fsp3) is 0.354. The van der Waals surface area contributed by atoms with Crippen LogP contribution >= 0.6 is 0 Å². The summed E-state index contributed by atoms with van der Waals surface area (Å²) in [6.45, 7) is 7.23. The van der Waals surface area contributed by atoms with Crippen LogP contribution in [0.4, 0.5) is 16.4 Å². The molecule has 8 aromatic rings. The maximum absolute atomic E-state index is 13.8. The number of carbonyl (C=O) groups is 9. The van der Waals surface area contributed by atoms with Gasteiger partial charge in [-0.1, -0.05) is 25.1 Å². The molecule has 34 heteroatoms. The maximum Gasteiger partial charge on any atom is 0.409 e. The zero-order valence-corrected chi connectivity index (χ0v) is 54.4. The van der Waals surface area contributed by atoms with Gasteiger partial charge in [-0.05, 0) is 74.7 Å². The minimum Gasteiger partial charge on any atom is -0.494 e. The molecule has 0 spiro atoms. The Kier molecular flexibility index (Phi) is 21.4. The molecule has 5 atom stereocenters. The number of hydrogen-bond acceptors (Lipinski definition) is 23. The molecule has 5 aromatic heterocycles. The number of nitrogens with zero attached hydrogens (tertiary/aromatic N) is 10. The lowest BCUT2D eigenvalue weighted by atomic mass is 9.99. The fourth-order valence-electron chi connectivity index (χ4n) is 11.1. The number of imide groups is 1. The molecule has 520 valence electrons. The molecule has 0 saturated carbocycles. The highest BCUT2D eigenvalue weighted by Crippen LogP contribution is 2.38. The maximum atomic E-state index is 13.8. The highest BCUT2D eigenvalue weighted by atomic mass is 16.7. The smallest absolute Gasteiger partial charge is 0.409 e. The van der Waals surface area contributed by atoms with E-state index in [4.69, 9.17) is 54.5 Å². The molecule has 7 heterocycles. The summed E-state index contributed by atoms with van der Waals surface area (Å²) in [6.07, 6.45) is -3.21. The molecule has 8 amide bonds. The van der Waals surface area contributed by atoms with Crippen molar-refractivity contribution in [1.29, 1.82) is 0 Å². The molecule has 1 saturated heterocycles. The predicted octanol–water partition coefficient (Wildman–Crippen LogP) is 2.77. The number of nitrogens with one attached hydrogen (secondary N) is 3. The van der Waals surface area contributed by atoms with E-state index >= 15 is 0 Å². The number of primary amides is 2. The van der Waals surface area contributed by atoms with Crippen molar-refractivity contribution < 1.29 is 91.7 Å². The number of carbonyl (C=O) groups excluding carboxylic acids is 8. The Hall–Kier alpha value is -11.6. The third kappa shape index (κ3) is 15.5. The van der Waals surface area contributed by atoms with Crippen LogP contribution in [-0.2, 0) is 66.1 Å². The number of fused-ring (bicyclic) bond motifs is 4. The Morgan fingerprint density at radius 1 is 0.798 bits per heavy atom. The van der Waals surface area contributed by atoms with Gasteiger partial charge in [-0.15, -0.1) is 0 Å². The summed E-state index contributed by atoms with van der Waals surface area (Å²) in [4.78, 5) is 136. The number of allylic oxidation sites excluding steroid dienone is 2. The molecule has 0 unspecified atom stereocenters. The molecule has 1 fully saturated rings. The first-order chi connectivity index (χ1) is 47.4. The molecule has 34 nitrogen and oxygen atoms in total. The second kappa shape index (κ2) is 30.2. The quantitative estimate of drug-likeness (QED) is 0.0185. The number of amides is 8. The van der Waals surface area contributed by atoms with Crippen molar-refractivity contribution in [1.82, 2.24) is 54.0 Å². The van der Waals surface area contributed by atoms with E-state index in [2.05, 4.69) is 26.0 Å². The Morgan fingerprint density at radius 2 is 1.52 bits per heavy atom. The molecule has 0 bridgehead atoms. The van der Waals surface area contributed by atoms with Gasteiger partial charge in [-0.25, -0.2) is 29.5 Å². The number of nitrogens with two attached hydrogens (primary N) is 2. The Balaban J connectivity index is 0.866. The molecule has 0 aliphatic carbocycles. The Bertz CT molecular complexity index is 4550. The van der Waals surface area contributed by atoms with E-state index in [9.17, 15) is 63.6 Å². The summed E-state index contributed by atoms with van der Waals surface area (Å²) in [6, 6.07) is 12.0. The van der Waals surface area contributed by atoms with Gasteiger partial charge >= 0.3 is 12.1 Å². The minimum absolute atomic E-state index is 0.00600. The van der Waals surface area contributed by atoms with Crippen LogP contribution in [0, 0.1) is 13.8 Å². The van der Waals surface area contributed by atoms with Crippen molar-refractivity contribution >= 4 is 98.0 Å². The number of aromatic nitrogens is 8. The minimum atomic E-state index is -2.03. The third-order valence-electron chi connectivity index (χ3n) is 16.1. The lowest BCUT2D eigenvalue weighted by Crippen LogP contribution is -2.61. The van der Waals surface area contributed by atoms with Gasteiger partial charge in [0, 0.05) is 106 Å². The average molecular weight is 1370 g/mol. The zero-order valence-electron chi connectivity index (χ0n) is 54.4. The predicted molar refractivity (Wildman–Crippen MR) is 349 cm³/mol. The summed E-state index contributed by atoms with van der Waals surface area (Å²) in [5.74, 6) is -5.16. The first-order valence-corrected chi connectivity index (χ1v) is 31.2. The highest BCUT2D eigenvalue weighted by Gasteiger charge is 2.48. The number of methoxy groups -OCH3 is 1. The van der Waals surface area contributed by atoms with Gasteiger partial charge in [-0.2, -0.15) is 5.10 Å². The van der Waals surface area contributed by atoms with Gasteiger partial charge < -0.3 is 84.7 Å². The first-order valence-electron chi connectivity index (χ1n) is 31.2. The summed E-state index contributed by atoms with van der Waals surface area (Å²) >= 11 is 0. The van der Waals surface area contributed by atoms with Gasteiger partial charge in [0.05, 0.1) is 41.8 Å². The van der Waals surface area contributed by atoms with Crippen molar-refractivity contribution in [3.05, 3.63) is 119 Å². The number of anilines is 2. The topological polar surface area (TPSA) is 468 Å². The first kappa shape index (κ1) is 70.2. The normalized spacial score (nSPS) is 16.8. The number of aryl methyl sites for hydroxylation is 4. The SMILES string of the molecule is CCc1nc(C)oc1C(=O)Nc1nc2cc(C(N)=O)cc(OC)c2n1C/C=C/Cn1c2nc(-c3cc(C)nn3CC)ncc2c2cc(C(N)=O)cc(OCCCN(C)C(=O)OCc3ccc(O[C@@H]4O[C@H](C(=O)O)[C@@H](O)[C@H](O)[C@H]4O)c(NC(=O)CCNC(=O)CCN4C(=O)C=CC4=O)c3)c21. The number of imidazole rings is 1. The van der Waals surface area contributed by atoms with Gasteiger partial charge in [-0.3, -0.25) is 48.5 Å². The number of rotatable bonds is 29. The highest BCUT2D eigenvalue weighted by molar-refractivity contribution is 6.13. The Morgan fingerprint density at radius 3 is 2.21 bits per heavy atom. The molecular formula is C65H71N15O19. The zero-order chi connectivity index (χ0) is 71.1. The lowest BCUT2D eigenvalue weighted by molar-refractivity contribution is -0.271. The number of benzene rings is 3. The van der Waals surface area contributed by atoms with Crippen molar-refractivity contribution in [2.24, 2.45) is 11.5 Å². The van der Waals surface area contributed by atoms with E-state index < -0.39 is 90.7 Å². The molecule has 2 aliphatic heterocycles. The second-order valence-electron chi connectivity index (χ2n) is 22.9. The van der Waals surface area contributed by atoms with Crippen molar-refractivity contribution in [3.8, 4) is 28.8 Å². The van der Waals surface area contributed by atoms with Crippen molar-refractivity contribution in [2.45, 2.75) is 110 Å². The number of oxazole rings is 1. The lowest BCUT2D eigenvalue weighted by Gasteiger charge is -2.38. The van der Waals surface area contributed by atoms with Crippen LogP contribution in [0.2, 0.25) is 0 Å². The van der Waals surface area contributed by atoms with Crippen LogP contribution in [0.15, 0.2) is 83.4 Å². The van der Waals surface area contributed by atoms with Crippen LogP contribution in [-0.4, -0.2) is 194 Å². The largest absolute Gasteiger partial charge is 0.494 e. The van der Waals surface area contributed by atoms with Crippen LogP contribution < -0.4 is 41.6 Å². The molecule has 2 aliphatic rings. The fourth-order valence-corrected chi connectivity index (χ4v) is 11.1. The van der Waals surface area contributed by atoms with E-state index in [-0.39, 0.29) is 110 Å². The molecule has 99 heavy (non-hydrogen) atoms. The number of aliphatic hydroxyl groups excluding tert-OH is 3. The molecular weight excluding hydrogens is 1290 g/mol. The van der Waals surface area contributed by atoms with Gasteiger partial charge in [0.2, 0.25) is 41.6 Å². The van der Waals surface area contributed by atoms with Gasteiger partial charge in [0.15, 0.2) is 17.8 Å². The number of carboxylic acid groups (broad SMARTS) is 1. The van der Waals surface area contributed by atoms with E-state index in [1.165, 1.54) is 55.5 Å². The molecule has 11 N–H and O–H groups in total. The van der Waals surface area contributed by atoms with Crippen LogP contribution in [0.5, 0.6) is 17.2 Å². The molecule has 3 aromatic carbocycles.